The fourth-order valence-electron chi connectivity index (χ4n) is 6.02. The Morgan fingerprint density at radius 1 is 1.33 bits per heavy atom. The monoisotopic (exact) mass is 374 g/mol. The Balaban J connectivity index is 1.91. The van der Waals surface area contributed by atoms with Crippen LogP contribution in [0.25, 0.3) is 0 Å². The number of allylic oxidation sites excluding steroid dienone is 1. The molecule has 5 nitrogen and oxygen atoms in total. The van der Waals surface area contributed by atoms with E-state index in [1.54, 1.807) is 0 Å². The van der Waals surface area contributed by atoms with Gasteiger partial charge in [-0.15, -0.1) is 0 Å². The molecule has 3 unspecified atom stereocenters. The third-order valence-electron chi connectivity index (χ3n) is 7.99. The Hall–Kier alpha value is -1.46. The molecule has 1 heterocycles. The number of ketones is 1. The highest BCUT2D eigenvalue weighted by molar-refractivity contribution is 5.93. The average Bonchev–Trinajstić information content (AvgIpc) is 2.53. The van der Waals surface area contributed by atoms with Gasteiger partial charge in [-0.2, -0.15) is 0 Å². The van der Waals surface area contributed by atoms with Crippen LogP contribution in [-0.2, 0) is 19.1 Å². The van der Waals surface area contributed by atoms with E-state index in [1.807, 2.05) is 45.9 Å². The van der Waals surface area contributed by atoms with Crippen LogP contribution in [0.1, 0.15) is 47.5 Å². The second-order valence-corrected chi connectivity index (χ2v) is 9.69. The van der Waals surface area contributed by atoms with Gasteiger partial charge in [-0.25, -0.2) is 0 Å². The molecule has 7 atom stereocenters. The number of ether oxygens (including phenoxy) is 2. The summed E-state index contributed by atoms with van der Waals surface area (Å²) in [5.41, 5.74) is -1.32. The number of hydrogen-bond donors (Lipinski definition) is 1. The van der Waals surface area contributed by atoms with Gasteiger partial charge in [-0.1, -0.05) is 37.6 Å². The molecule has 1 aliphatic heterocycles. The molecule has 5 heteroatoms. The van der Waals surface area contributed by atoms with Crippen LogP contribution in [0.4, 0.5) is 0 Å². The van der Waals surface area contributed by atoms with Crippen molar-refractivity contribution in [2.24, 2.45) is 28.6 Å². The molecule has 3 aliphatic carbocycles. The van der Waals surface area contributed by atoms with Gasteiger partial charge in [-0.05, 0) is 32.6 Å². The molecule has 0 spiro atoms. The highest BCUT2D eigenvalue weighted by Crippen LogP contribution is 2.60. The number of aliphatic hydroxyl groups is 1. The van der Waals surface area contributed by atoms with Crippen molar-refractivity contribution in [3.05, 3.63) is 23.8 Å². The lowest BCUT2D eigenvalue weighted by atomic mass is 9.48. The summed E-state index contributed by atoms with van der Waals surface area (Å²) in [6, 6.07) is 0. The van der Waals surface area contributed by atoms with Crippen LogP contribution in [0, 0.1) is 28.6 Å². The number of hydrogen-bond acceptors (Lipinski definition) is 5. The lowest BCUT2D eigenvalue weighted by Gasteiger charge is -2.60. The summed E-state index contributed by atoms with van der Waals surface area (Å²) in [5.74, 6) is -0.682. The zero-order chi connectivity index (χ0) is 19.8. The number of esters is 1. The second kappa shape index (κ2) is 5.77. The van der Waals surface area contributed by atoms with E-state index in [2.05, 4.69) is 0 Å². The van der Waals surface area contributed by atoms with Crippen molar-refractivity contribution in [1.29, 1.82) is 0 Å². The molecule has 1 N–H and O–H groups in total. The fourth-order valence-corrected chi connectivity index (χ4v) is 6.02. The van der Waals surface area contributed by atoms with E-state index in [9.17, 15) is 14.7 Å². The first-order valence-electron chi connectivity index (χ1n) is 9.93. The topological polar surface area (TPSA) is 72.8 Å². The molecular formula is C22H30O5. The average molecular weight is 374 g/mol. The highest BCUT2D eigenvalue weighted by atomic mass is 16.5. The van der Waals surface area contributed by atoms with E-state index < -0.39 is 28.5 Å². The molecule has 1 saturated heterocycles. The summed E-state index contributed by atoms with van der Waals surface area (Å²) >= 11 is 0. The maximum Gasteiger partial charge on any atom is 0.303 e. The van der Waals surface area contributed by atoms with Crippen LogP contribution in [0.5, 0.6) is 0 Å². The lowest BCUT2D eigenvalue weighted by molar-refractivity contribution is -0.204. The molecule has 148 valence electrons. The number of Topliss-reactive ketones (excluding diaryl/α,β-unsaturated/α-hetero) is 1. The number of carbonyl (C=O) groups excluding carboxylic acids is 2. The van der Waals surface area contributed by atoms with Crippen LogP contribution in [-0.4, -0.2) is 41.3 Å². The molecule has 4 rings (SSSR count). The van der Waals surface area contributed by atoms with E-state index >= 15 is 0 Å². The van der Waals surface area contributed by atoms with Gasteiger partial charge < -0.3 is 14.6 Å². The van der Waals surface area contributed by atoms with Gasteiger partial charge in [0.25, 0.3) is 0 Å². The number of carbonyl (C=O) groups is 2. The molecule has 0 radical (unpaired) electrons. The van der Waals surface area contributed by atoms with E-state index in [4.69, 9.17) is 9.47 Å². The Kier molecular flexibility index (Phi) is 4.04. The second-order valence-electron chi connectivity index (χ2n) is 9.69. The number of rotatable bonds is 1. The van der Waals surface area contributed by atoms with E-state index in [1.165, 1.54) is 6.92 Å². The molecule has 0 aromatic rings. The van der Waals surface area contributed by atoms with E-state index in [0.717, 1.165) is 5.57 Å². The third-order valence-corrected chi connectivity index (χ3v) is 7.99. The SMILES string of the molecule is CC(=O)O[C@H]1C(=O)[C@]2(C)C=C[C@H]3OCC3C2C[C@]2(O)CC=C(C)C1C2(C)C. The fraction of sp³-hybridized carbons (Fsp3) is 0.727. The Bertz CT molecular complexity index is 750. The molecule has 1 saturated carbocycles. The van der Waals surface area contributed by atoms with Gasteiger partial charge >= 0.3 is 5.97 Å². The standard InChI is InChI=1S/C22H30O5/c1-12-6-9-22(25)10-15-14-11-26-16(14)7-8-21(15,5)19(24)18(27-13(2)23)17(12)20(22,3)4/h6-8,14-18,25H,9-11H2,1-5H3/t14?,15?,16-,17?,18-,21-,22-/m1/s1. The number of fused-ring (bicyclic) bond motifs is 5. The minimum Gasteiger partial charge on any atom is -0.454 e. The van der Waals surface area contributed by atoms with Crippen molar-refractivity contribution in [2.75, 3.05) is 6.61 Å². The first-order valence-corrected chi connectivity index (χ1v) is 9.93. The minimum atomic E-state index is -0.965. The van der Waals surface area contributed by atoms with Crippen molar-refractivity contribution < 1.29 is 24.2 Å². The summed E-state index contributed by atoms with van der Waals surface area (Å²) < 4.78 is 11.3. The van der Waals surface area contributed by atoms with Crippen LogP contribution < -0.4 is 0 Å². The van der Waals surface area contributed by atoms with E-state index in [-0.39, 0.29) is 29.6 Å². The Morgan fingerprint density at radius 2 is 2.04 bits per heavy atom. The zero-order valence-corrected chi connectivity index (χ0v) is 16.8. The quantitative estimate of drug-likeness (QED) is 0.564. The van der Waals surface area contributed by atoms with Gasteiger partial charge in [0.1, 0.15) is 0 Å². The predicted molar refractivity (Wildman–Crippen MR) is 99.7 cm³/mol. The summed E-state index contributed by atoms with van der Waals surface area (Å²) in [6.07, 6.45) is 6.16. The molecule has 0 amide bonds. The zero-order valence-electron chi connectivity index (χ0n) is 16.8. The molecule has 2 fully saturated rings. The lowest BCUT2D eigenvalue weighted by Crippen LogP contribution is -2.65. The minimum absolute atomic E-state index is 0.0193. The normalized spacial score (nSPS) is 47.6. The Labute approximate surface area is 160 Å². The maximum absolute atomic E-state index is 13.8. The highest BCUT2D eigenvalue weighted by Gasteiger charge is 2.64. The molecule has 0 aromatic carbocycles. The van der Waals surface area contributed by atoms with Crippen LogP contribution in [0.15, 0.2) is 23.8 Å². The van der Waals surface area contributed by atoms with Crippen molar-refractivity contribution in [1.82, 2.24) is 0 Å². The van der Waals surface area contributed by atoms with Gasteiger partial charge in [0, 0.05) is 24.2 Å². The van der Waals surface area contributed by atoms with Crippen molar-refractivity contribution in [2.45, 2.75) is 65.3 Å². The smallest absolute Gasteiger partial charge is 0.303 e. The van der Waals surface area contributed by atoms with Gasteiger partial charge in [0.05, 0.1) is 23.7 Å². The van der Waals surface area contributed by atoms with Crippen molar-refractivity contribution in [3.63, 3.8) is 0 Å². The first kappa shape index (κ1) is 18.9. The van der Waals surface area contributed by atoms with Crippen LogP contribution >= 0.6 is 0 Å². The predicted octanol–water partition coefficient (Wildman–Crippen LogP) is 2.82. The Morgan fingerprint density at radius 3 is 2.63 bits per heavy atom. The summed E-state index contributed by atoms with van der Waals surface area (Å²) in [6.45, 7) is 9.89. The summed E-state index contributed by atoms with van der Waals surface area (Å²) in [5, 5.41) is 11.8. The van der Waals surface area contributed by atoms with E-state index in [0.29, 0.717) is 19.4 Å². The molecule has 2 bridgehead atoms. The summed E-state index contributed by atoms with van der Waals surface area (Å²) in [7, 11) is 0. The summed E-state index contributed by atoms with van der Waals surface area (Å²) in [4.78, 5) is 25.7. The first-order chi connectivity index (χ1) is 12.5. The van der Waals surface area contributed by atoms with Crippen LogP contribution in [0.3, 0.4) is 0 Å². The van der Waals surface area contributed by atoms with Gasteiger partial charge in [0.2, 0.25) is 0 Å². The maximum atomic E-state index is 13.8. The molecular weight excluding hydrogens is 344 g/mol. The van der Waals surface area contributed by atoms with Gasteiger partial charge in [0.15, 0.2) is 11.9 Å². The largest absolute Gasteiger partial charge is 0.454 e. The molecule has 0 aromatic heterocycles. The van der Waals surface area contributed by atoms with Crippen LogP contribution in [0.2, 0.25) is 0 Å². The van der Waals surface area contributed by atoms with Crippen molar-refractivity contribution >= 4 is 11.8 Å². The third kappa shape index (κ3) is 2.44. The van der Waals surface area contributed by atoms with Gasteiger partial charge in [-0.3, -0.25) is 9.59 Å². The molecule has 27 heavy (non-hydrogen) atoms. The molecule has 4 aliphatic rings. The van der Waals surface area contributed by atoms with Crippen molar-refractivity contribution in [3.8, 4) is 0 Å².